The third-order valence-corrected chi connectivity index (χ3v) is 4.64. The number of halogens is 3. The fraction of sp³-hybridized carbons (Fsp3) is 0.200. The van der Waals surface area contributed by atoms with E-state index >= 15 is 0 Å². The maximum Gasteiger partial charge on any atom is 0.157 e. The van der Waals surface area contributed by atoms with Crippen LogP contribution in [-0.4, -0.2) is 19.3 Å². The second-order valence-corrected chi connectivity index (χ2v) is 6.94. The molecule has 118 valence electrons. The SMILES string of the molecule is O=S(=O)(Cc1ccccc1F)CC(O)c1ccc(F)cc1F. The van der Waals surface area contributed by atoms with Crippen LogP contribution in [0.15, 0.2) is 42.5 Å². The van der Waals surface area contributed by atoms with Gasteiger partial charge in [0.05, 0.1) is 17.6 Å². The van der Waals surface area contributed by atoms with Crippen molar-refractivity contribution >= 4 is 9.84 Å². The van der Waals surface area contributed by atoms with Gasteiger partial charge in [-0.1, -0.05) is 24.3 Å². The largest absolute Gasteiger partial charge is 0.387 e. The molecule has 0 amide bonds. The molecule has 0 saturated heterocycles. The predicted molar refractivity (Wildman–Crippen MR) is 75.2 cm³/mol. The van der Waals surface area contributed by atoms with Crippen LogP contribution in [0.4, 0.5) is 13.2 Å². The van der Waals surface area contributed by atoms with Gasteiger partial charge in [-0.05, 0) is 12.1 Å². The molecule has 0 aliphatic rings. The molecule has 0 fully saturated rings. The highest BCUT2D eigenvalue weighted by atomic mass is 32.2. The van der Waals surface area contributed by atoms with Crippen LogP contribution in [0.3, 0.4) is 0 Å². The van der Waals surface area contributed by atoms with Crippen molar-refractivity contribution in [3.8, 4) is 0 Å². The molecule has 0 aliphatic heterocycles. The molecule has 7 heteroatoms. The lowest BCUT2D eigenvalue weighted by molar-refractivity contribution is 0.196. The molecule has 0 aromatic heterocycles. The summed E-state index contributed by atoms with van der Waals surface area (Å²) >= 11 is 0. The summed E-state index contributed by atoms with van der Waals surface area (Å²) in [4.78, 5) is 0. The zero-order valence-electron chi connectivity index (χ0n) is 11.3. The summed E-state index contributed by atoms with van der Waals surface area (Å²) in [5, 5.41) is 9.84. The topological polar surface area (TPSA) is 54.4 Å². The number of aliphatic hydroxyl groups is 1. The Labute approximate surface area is 125 Å². The van der Waals surface area contributed by atoms with Crippen molar-refractivity contribution in [3.05, 3.63) is 71.0 Å². The van der Waals surface area contributed by atoms with E-state index in [9.17, 15) is 26.7 Å². The quantitative estimate of drug-likeness (QED) is 0.917. The highest BCUT2D eigenvalue weighted by molar-refractivity contribution is 7.90. The predicted octanol–water partition coefficient (Wildman–Crippen LogP) is 2.75. The van der Waals surface area contributed by atoms with Crippen LogP contribution >= 0.6 is 0 Å². The van der Waals surface area contributed by atoms with E-state index in [1.807, 2.05) is 0 Å². The molecule has 1 N–H and O–H groups in total. The smallest absolute Gasteiger partial charge is 0.157 e. The van der Waals surface area contributed by atoms with Crippen LogP contribution in [0, 0.1) is 17.5 Å². The van der Waals surface area contributed by atoms with E-state index in [0.717, 1.165) is 18.2 Å². The van der Waals surface area contributed by atoms with Crippen molar-refractivity contribution in [2.75, 3.05) is 5.75 Å². The molecule has 0 saturated carbocycles. The number of benzene rings is 2. The Hall–Kier alpha value is -1.86. The van der Waals surface area contributed by atoms with Gasteiger partial charge in [0.2, 0.25) is 0 Å². The molecule has 0 heterocycles. The van der Waals surface area contributed by atoms with Crippen molar-refractivity contribution in [2.45, 2.75) is 11.9 Å². The normalized spacial score (nSPS) is 13.1. The molecule has 2 aromatic carbocycles. The van der Waals surface area contributed by atoms with Crippen molar-refractivity contribution in [2.24, 2.45) is 0 Å². The van der Waals surface area contributed by atoms with Crippen LogP contribution in [-0.2, 0) is 15.6 Å². The fourth-order valence-electron chi connectivity index (χ4n) is 2.01. The van der Waals surface area contributed by atoms with Gasteiger partial charge in [-0.2, -0.15) is 0 Å². The Kier molecular flexibility index (Phi) is 4.87. The van der Waals surface area contributed by atoms with E-state index in [4.69, 9.17) is 0 Å². The zero-order chi connectivity index (χ0) is 16.3. The maximum absolute atomic E-state index is 13.5. The minimum atomic E-state index is -3.88. The van der Waals surface area contributed by atoms with Gasteiger partial charge in [0.25, 0.3) is 0 Å². The summed E-state index contributed by atoms with van der Waals surface area (Å²) in [6, 6.07) is 7.82. The average Bonchev–Trinajstić information content (AvgIpc) is 2.40. The molecule has 22 heavy (non-hydrogen) atoms. The average molecular weight is 330 g/mol. The first-order valence-corrected chi connectivity index (χ1v) is 8.17. The minimum Gasteiger partial charge on any atom is -0.387 e. The second kappa shape index (κ2) is 6.50. The standard InChI is InChI=1S/C15H13F3O3S/c16-11-5-6-12(14(18)7-11)15(19)9-22(20,21)8-10-3-1-2-4-13(10)17/h1-7,15,19H,8-9H2. The lowest BCUT2D eigenvalue weighted by Crippen LogP contribution is -2.18. The van der Waals surface area contributed by atoms with E-state index in [1.165, 1.54) is 18.2 Å². The van der Waals surface area contributed by atoms with Crippen LogP contribution in [0.2, 0.25) is 0 Å². The summed E-state index contributed by atoms with van der Waals surface area (Å²) in [6.07, 6.45) is -1.66. The highest BCUT2D eigenvalue weighted by Crippen LogP contribution is 2.21. The van der Waals surface area contributed by atoms with Crippen molar-refractivity contribution in [1.29, 1.82) is 0 Å². The van der Waals surface area contributed by atoms with Crippen LogP contribution < -0.4 is 0 Å². The van der Waals surface area contributed by atoms with Crippen molar-refractivity contribution in [3.63, 3.8) is 0 Å². The Morgan fingerprint density at radius 2 is 1.68 bits per heavy atom. The summed E-state index contributed by atoms with van der Waals surface area (Å²) in [5.41, 5.74) is -0.354. The molecule has 0 aliphatic carbocycles. The van der Waals surface area contributed by atoms with Crippen LogP contribution in [0.5, 0.6) is 0 Å². The van der Waals surface area contributed by atoms with E-state index < -0.39 is 44.9 Å². The number of hydrogen-bond acceptors (Lipinski definition) is 3. The van der Waals surface area contributed by atoms with Crippen LogP contribution in [0.1, 0.15) is 17.2 Å². The summed E-state index contributed by atoms with van der Waals surface area (Å²) in [7, 11) is -3.88. The first kappa shape index (κ1) is 16.5. The van der Waals surface area contributed by atoms with E-state index in [2.05, 4.69) is 0 Å². The van der Waals surface area contributed by atoms with Gasteiger partial charge in [0, 0.05) is 17.2 Å². The molecule has 3 nitrogen and oxygen atoms in total. The van der Waals surface area contributed by atoms with E-state index in [1.54, 1.807) is 0 Å². The van der Waals surface area contributed by atoms with Crippen LogP contribution in [0.25, 0.3) is 0 Å². The molecule has 0 radical (unpaired) electrons. The van der Waals surface area contributed by atoms with E-state index in [0.29, 0.717) is 6.07 Å². The fourth-order valence-corrected chi connectivity index (χ4v) is 3.50. The van der Waals surface area contributed by atoms with Gasteiger partial charge >= 0.3 is 0 Å². The van der Waals surface area contributed by atoms with Crippen molar-refractivity contribution in [1.82, 2.24) is 0 Å². The molecule has 1 atom stereocenters. The Bertz CT molecular complexity index is 775. The Morgan fingerprint density at radius 1 is 1.00 bits per heavy atom. The molecule has 2 rings (SSSR count). The third kappa shape index (κ3) is 4.08. The molecule has 0 spiro atoms. The molecular formula is C15H13F3O3S. The second-order valence-electron chi connectivity index (χ2n) is 4.83. The van der Waals surface area contributed by atoms with Gasteiger partial charge in [0.15, 0.2) is 9.84 Å². The lowest BCUT2D eigenvalue weighted by atomic mass is 10.1. The summed E-state index contributed by atoms with van der Waals surface area (Å²) in [5.74, 6) is -3.94. The van der Waals surface area contributed by atoms with Gasteiger partial charge in [-0.15, -0.1) is 0 Å². The first-order chi connectivity index (χ1) is 10.3. The van der Waals surface area contributed by atoms with Gasteiger partial charge in [-0.25, -0.2) is 21.6 Å². The summed E-state index contributed by atoms with van der Waals surface area (Å²) in [6.45, 7) is 0. The lowest BCUT2D eigenvalue weighted by Gasteiger charge is -2.13. The Balaban J connectivity index is 2.16. The Morgan fingerprint density at radius 3 is 2.32 bits per heavy atom. The third-order valence-electron chi connectivity index (χ3n) is 3.07. The first-order valence-electron chi connectivity index (χ1n) is 6.35. The van der Waals surface area contributed by atoms with Gasteiger partial charge < -0.3 is 5.11 Å². The maximum atomic E-state index is 13.5. The number of hydrogen-bond donors (Lipinski definition) is 1. The number of sulfone groups is 1. The zero-order valence-corrected chi connectivity index (χ0v) is 12.2. The highest BCUT2D eigenvalue weighted by Gasteiger charge is 2.23. The molecule has 0 bridgehead atoms. The monoisotopic (exact) mass is 330 g/mol. The van der Waals surface area contributed by atoms with E-state index in [-0.39, 0.29) is 11.1 Å². The number of aliphatic hydroxyl groups excluding tert-OH is 1. The van der Waals surface area contributed by atoms with Gasteiger partial charge in [-0.3, -0.25) is 0 Å². The molecular weight excluding hydrogens is 317 g/mol. The number of rotatable bonds is 5. The van der Waals surface area contributed by atoms with Crippen molar-refractivity contribution < 1.29 is 26.7 Å². The molecule has 2 aromatic rings. The minimum absolute atomic E-state index is 0.0331. The summed E-state index contributed by atoms with van der Waals surface area (Å²) < 4.78 is 63.8. The van der Waals surface area contributed by atoms with Gasteiger partial charge in [0.1, 0.15) is 17.5 Å². The molecule has 1 unspecified atom stereocenters.